The molecule has 0 heterocycles. The summed E-state index contributed by atoms with van der Waals surface area (Å²) in [6.45, 7) is 0.854. The average molecular weight is 310 g/mol. The summed E-state index contributed by atoms with van der Waals surface area (Å²) >= 11 is 5.72. The molecular formula is C16H17ClFNO2. The lowest BCUT2D eigenvalue weighted by Crippen LogP contribution is -2.06. The molecule has 0 aliphatic carbocycles. The maximum atomic E-state index is 13.7. The van der Waals surface area contributed by atoms with Crippen LogP contribution in [0.1, 0.15) is 11.1 Å². The van der Waals surface area contributed by atoms with Crippen LogP contribution in [-0.2, 0) is 13.2 Å². The highest BCUT2D eigenvalue weighted by molar-refractivity contribution is 6.30. The number of hydrogen-bond donors (Lipinski definition) is 1. The van der Waals surface area contributed by atoms with Crippen molar-refractivity contribution in [1.29, 1.82) is 0 Å². The van der Waals surface area contributed by atoms with E-state index in [1.807, 2.05) is 25.2 Å². The van der Waals surface area contributed by atoms with Gasteiger partial charge < -0.3 is 14.8 Å². The largest absolute Gasteiger partial charge is 0.493 e. The van der Waals surface area contributed by atoms with Crippen LogP contribution in [0.15, 0.2) is 36.4 Å². The van der Waals surface area contributed by atoms with Crippen LogP contribution in [0.2, 0.25) is 5.02 Å². The lowest BCUT2D eigenvalue weighted by molar-refractivity contribution is 0.279. The molecule has 0 fully saturated rings. The summed E-state index contributed by atoms with van der Waals surface area (Å²) in [6, 6.07) is 10.2. The fourth-order valence-electron chi connectivity index (χ4n) is 1.94. The predicted octanol–water partition coefficient (Wildman–Crippen LogP) is 3.79. The molecule has 5 heteroatoms. The Morgan fingerprint density at radius 1 is 1.14 bits per heavy atom. The van der Waals surface area contributed by atoms with Crippen molar-refractivity contribution >= 4 is 11.6 Å². The average Bonchev–Trinajstić information content (AvgIpc) is 2.47. The number of hydrogen-bond acceptors (Lipinski definition) is 3. The van der Waals surface area contributed by atoms with E-state index in [1.165, 1.54) is 6.07 Å². The Labute approximate surface area is 128 Å². The molecule has 3 nitrogen and oxygen atoms in total. The third kappa shape index (κ3) is 4.09. The van der Waals surface area contributed by atoms with E-state index in [2.05, 4.69) is 5.32 Å². The molecule has 2 aromatic carbocycles. The number of nitrogens with one attached hydrogen (secondary N) is 1. The zero-order chi connectivity index (χ0) is 15.2. The molecule has 0 amide bonds. The highest BCUT2D eigenvalue weighted by Crippen LogP contribution is 2.29. The Morgan fingerprint density at radius 3 is 2.62 bits per heavy atom. The van der Waals surface area contributed by atoms with Gasteiger partial charge in [0.15, 0.2) is 11.5 Å². The molecule has 1 N–H and O–H groups in total. The highest BCUT2D eigenvalue weighted by atomic mass is 35.5. The van der Waals surface area contributed by atoms with Crippen molar-refractivity contribution in [3.05, 3.63) is 58.4 Å². The fourth-order valence-corrected chi connectivity index (χ4v) is 2.10. The third-order valence-electron chi connectivity index (χ3n) is 3.01. The molecule has 2 rings (SSSR count). The summed E-state index contributed by atoms with van der Waals surface area (Å²) in [4.78, 5) is 0. The molecule has 21 heavy (non-hydrogen) atoms. The molecule has 0 aliphatic heterocycles. The predicted molar refractivity (Wildman–Crippen MR) is 81.5 cm³/mol. The van der Waals surface area contributed by atoms with Crippen LogP contribution < -0.4 is 14.8 Å². The molecule has 2 aromatic rings. The lowest BCUT2D eigenvalue weighted by atomic mass is 10.2. The second-order valence-electron chi connectivity index (χ2n) is 4.54. The van der Waals surface area contributed by atoms with Crippen molar-refractivity contribution in [2.45, 2.75) is 13.2 Å². The van der Waals surface area contributed by atoms with Crippen LogP contribution in [0.5, 0.6) is 11.5 Å². The first-order valence-corrected chi connectivity index (χ1v) is 6.90. The number of ether oxygens (including phenoxy) is 2. The summed E-state index contributed by atoms with van der Waals surface area (Å²) < 4.78 is 24.6. The van der Waals surface area contributed by atoms with Crippen molar-refractivity contribution in [2.75, 3.05) is 14.2 Å². The van der Waals surface area contributed by atoms with Crippen LogP contribution in [0.4, 0.5) is 4.39 Å². The van der Waals surface area contributed by atoms with Gasteiger partial charge in [0.05, 0.1) is 7.11 Å². The summed E-state index contributed by atoms with van der Waals surface area (Å²) in [5.74, 6) is 0.817. The molecule has 0 unspecified atom stereocenters. The normalized spacial score (nSPS) is 10.5. The second kappa shape index (κ2) is 7.29. The maximum Gasteiger partial charge on any atom is 0.161 e. The second-order valence-corrected chi connectivity index (χ2v) is 4.98. The van der Waals surface area contributed by atoms with E-state index in [0.717, 1.165) is 12.1 Å². The molecular weight excluding hydrogens is 293 g/mol. The van der Waals surface area contributed by atoms with E-state index in [-0.39, 0.29) is 12.4 Å². The zero-order valence-corrected chi connectivity index (χ0v) is 12.7. The molecule has 0 saturated carbocycles. The molecule has 0 atom stereocenters. The molecule has 0 bridgehead atoms. The van der Waals surface area contributed by atoms with Crippen LogP contribution in [0.25, 0.3) is 0 Å². The van der Waals surface area contributed by atoms with Crippen molar-refractivity contribution in [3.63, 3.8) is 0 Å². The molecule has 0 radical (unpaired) electrons. The van der Waals surface area contributed by atoms with Crippen LogP contribution >= 0.6 is 11.6 Å². The van der Waals surface area contributed by atoms with Gasteiger partial charge in [-0.1, -0.05) is 23.7 Å². The minimum Gasteiger partial charge on any atom is -0.493 e. The summed E-state index contributed by atoms with van der Waals surface area (Å²) in [7, 11) is 3.45. The van der Waals surface area contributed by atoms with E-state index in [1.54, 1.807) is 19.2 Å². The zero-order valence-electron chi connectivity index (χ0n) is 12.0. The minimum absolute atomic E-state index is 0.116. The Morgan fingerprint density at radius 2 is 1.95 bits per heavy atom. The van der Waals surface area contributed by atoms with Gasteiger partial charge in [-0.05, 0) is 36.9 Å². The van der Waals surface area contributed by atoms with Gasteiger partial charge in [-0.15, -0.1) is 0 Å². The van der Waals surface area contributed by atoms with Crippen molar-refractivity contribution in [3.8, 4) is 11.5 Å². The van der Waals surface area contributed by atoms with Crippen LogP contribution in [0, 0.1) is 5.82 Å². The molecule has 0 aliphatic rings. The maximum absolute atomic E-state index is 13.7. The minimum atomic E-state index is -0.381. The SMILES string of the molecule is CNCc1ccc(OCc2ccc(Cl)cc2F)c(OC)c1. The summed E-state index contributed by atoms with van der Waals surface area (Å²) in [5.41, 5.74) is 1.53. The van der Waals surface area contributed by atoms with Crippen LogP contribution in [0.3, 0.4) is 0 Å². The summed E-state index contributed by atoms with van der Waals surface area (Å²) in [5, 5.41) is 3.43. The van der Waals surface area contributed by atoms with Gasteiger partial charge in [0.1, 0.15) is 12.4 Å². The smallest absolute Gasteiger partial charge is 0.161 e. The highest BCUT2D eigenvalue weighted by Gasteiger charge is 2.08. The summed E-state index contributed by atoms with van der Waals surface area (Å²) in [6.07, 6.45) is 0. The quantitative estimate of drug-likeness (QED) is 0.880. The lowest BCUT2D eigenvalue weighted by Gasteiger charge is -2.12. The van der Waals surface area contributed by atoms with Gasteiger partial charge in [0, 0.05) is 17.1 Å². The third-order valence-corrected chi connectivity index (χ3v) is 3.24. The Balaban J connectivity index is 2.12. The van der Waals surface area contributed by atoms with E-state index >= 15 is 0 Å². The van der Waals surface area contributed by atoms with Gasteiger partial charge in [0.25, 0.3) is 0 Å². The fraction of sp³-hybridized carbons (Fsp3) is 0.250. The Bertz CT molecular complexity index is 619. The first-order chi connectivity index (χ1) is 10.1. The van der Waals surface area contributed by atoms with Crippen molar-refractivity contribution < 1.29 is 13.9 Å². The number of methoxy groups -OCH3 is 1. The van der Waals surface area contributed by atoms with E-state index in [0.29, 0.717) is 22.1 Å². The number of benzene rings is 2. The van der Waals surface area contributed by atoms with Crippen LogP contribution in [-0.4, -0.2) is 14.2 Å². The Hall–Kier alpha value is -1.78. The van der Waals surface area contributed by atoms with E-state index in [9.17, 15) is 4.39 Å². The van der Waals surface area contributed by atoms with Gasteiger partial charge in [0.2, 0.25) is 0 Å². The monoisotopic (exact) mass is 309 g/mol. The van der Waals surface area contributed by atoms with Gasteiger partial charge in [-0.3, -0.25) is 0 Å². The van der Waals surface area contributed by atoms with Gasteiger partial charge in [-0.2, -0.15) is 0 Å². The van der Waals surface area contributed by atoms with Gasteiger partial charge >= 0.3 is 0 Å². The standard InChI is InChI=1S/C16H17ClFNO2/c1-19-9-11-3-6-15(16(7-11)20-2)21-10-12-4-5-13(17)8-14(12)18/h3-8,19H,9-10H2,1-2H3. The van der Waals surface area contributed by atoms with E-state index < -0.39 is 0 Å². The topological polar surface area (TPSA) is 30.5 Å². The van der Waals surface area contributed by atoms with E-state index in [4.69, 9.17) is 21.1 Å². The molecule has 0 saturated heterocycles. The first kappa shape index (κ1) is 15.6. The molecule has 0 spiro atoms. The number of halogens is 2. The van der Waals surface area contributed by atoms with Crippen molar-refractivity contribution in [2.24, 2.45) is 0 Å². The number of rotatable bonds is 6. The van der Waals surface area contributed by atoms with Gasteiger partial charge in [-0.25, -0.2) is 4.39 Å². The van der Waals surface area contributed by atoms with Crippen molar-refractivity contribution in [1.82, 2.24) is 5.32 Å². The Kier molecular flexibility index (Phi) is 5.42. The molecule has 0 aromatic heterocycles. The first-order valence-electron chi connectivity index (χ1n) is 6.52. The molecule has 112 valence electrons.